The molecular weight excluding hydrogens is 336 g/mol. The Morgan fingerprint density at radius 1 is 1.16 bits per heavy atom. The van der Waals surface area contributed by atoms with Gasteiger partial charge in [-0.15, -0.1) is 0 Å². The lowest BCUT2D eigenvalue weighted by Crippen LogP contribution is -2.19. The molecule has 0 bridgehead atoms. The predicted molar refractivity (Wildman–Crippen MR) is 99.2 cm³/mol. The fourth-order valence-corrected chi connectivity index (χ4v) is 3.63. The minimum atomic E-state index is -0.304. The van der Waals surface area contributed by atoms with Crippen LogP contribution in [0.25, 0.3) is 10.2 Å². The third-order valence-electron chi connectivity index (χ3n) is 3.72. The van der Waals surface area contributed by atoms with Gasteiger partial charge in [0.25, 0.3) is 5.91 Å². The van der Waals surface area contributed by atoms with E-state index in [9.17, 15) is 4.79 Å². The number of nitrogens with zero attached hydrogens (tertiary/aromatic N) is 2. The molecule has 0 saturated carbocycles. The van der Waals surface area contributed by atoms with Crippen LogP contribution < -0.4 is 9.54 Å². The fraction of sp³-hybridized carbons (Fsp3) is 0.263. The first-order valence-electron chi connectivity index (χ1n) is 8.12. The number of rotatable bonds is 6. The van der Waals surface area contributed by atoms with Gasteiger partial charge in [-0.05, 0) is 31.2 Å². The van der Waals surface area contributed by atoms with Gasteiger partial charge in [-0.25, -0.2) is 0 Å². The summed E-state index contributed by atoms with van der Waals surface area (Å²) >= 11 is 1.50. The molecule has 0 spiro atoms. The standard InChI is InChI=1S/C19H20N2O3S/c1-3-24-16-10-6-4-8-14(16)18(22)20-19-21(12-13-23-2)15-9-5-7-11-17(15)25-19/h4-11H,3,12-13H2,1-2H3. The van der Waals surface area contributed by atoms with Crippen LogP contribution in [0.15, 0.2) is 53.5 Å². The molecule has 1 aromatic heterocycles. The summed E-state index contributed by atoms with van der Waals surface area (Å²) in [6, 6.07) is 15.2. The van der Waals surface area contributed by atoms with Crippen molar-refractivity contribution in [3.8, 4) is 5.75 Å². The van der Waals surface area contributed by atoms with E-state index in [-0.39, 0.29) is 5.91 Å². The highest BCUT2D eigenvalue weighted by Crippen LogP contribution is 2.20. The molecule has 6 heteroatoms. The van der Waals surface area contributed by atoms with Crippen LogP contribution in [0.1, 0.15) is 17.3 Å². The van der Waals surface area contributed by atoms with E-state index in [1.54, 1.807) is 19.2 Å². The molecule has 1 heterocycles. The quantitative estimate of drug-likeness (QED) is 0.679. The van der Waals surface area contributed by atoms with Gasteiger partial charge < -0.3 is 14.0 Å². The van der Waals surface area contributed by atoms with E-state index < -0.39 is 0 Å². The Balaban J connectivity index is 2.07. The van der Waals surface area contributed by atoms with E-state index in [0.29, 0.717) is 35.9 Å². The number of methoxy groups -OCH3 is 1. The first-order chi connectivity index (χ1) is 12.2. The summed E-state index contributed by atoms with van der Waals surface area (Å²) in [7, 11) is 1.66. The van der Waals surface area contributed by atoms with Gasteiger partial charge >= 0.3 is 0 Å². The number of aromatic nitrogens is 1. The number of carbonyl (C=O) groups excluding carboxylic acids is 1. The molecule has 0 aliphatic heterocycles. The van der Waals surface area contributed by atoms with Crippen molar-refractivity contribution in [2.24, 2.45) is 4.99 Å². The van der Waals surface area contributed by atoms with E-state index in [1.807, 2.05) is 47.9 Å². The van der Waals surface area contributed by atoms with Gasteiger partial charge in [-0.1, -0.05) is 35.6 Å². The molecule has 3 rings (SSSR count). The molecular formula is C19H20N2O3S. The topological polar surface area (TPSA) is 52.8 Å². The Bertz CT molecular complexity index is 943. The van der Waals surface area contributed by atoms with Gasteiger partial charge in [0.2, 0.25) is 0 Å². The lowest BCUT2D eigenvalue weighted by molar-refractivity contribution is 0.0993. The minimum absolute atomic E-state index is 0.304. The van der Waals surface area contributed by atoms with Crippen LogP contribution >= 0.6 is 11.3 Å². The molecule has 0 fully saturated rings. The van der Waals surface area contributed by atoms with Crippen LogP contribution in [0.5, 0.6) is 5.75 Å². The molecule has 1 amide bonds. The highest BCUT2D eigenvalue weighted by molar-refractivity contribution is 7.16. The van der Waals surface area contributed by atoms with Crippen LogP contribution in [0.4, 0.5) is 0 Å². The number of ether oxygens (including phenoxy) is 2. The summed E-state index contributed by atoms with van der Waals surface area (Å²) in [5, 5.41) is 0. The zero-order valence-electron chi connectivity index (χ0n) is 14.3. The second-order valence-corrected chi connectivity index (χ2v) is 6.35. The van der Waals surface area contributed by atoms with Crippen LogP contribution in [-0.4, -0.2) is 30.8 Å². The number of hydrogen-bond donors (Lipinski definition) is 0. The number of amides is 1. The third-order valence-corrected chi connectivity index (χ3v) is 4.78. The smallest absolute Gasteiger partial charge is 0.283 e. The van der Waals surface area contributed by atoms with Crippen LogP contribution in [-0.2, 0) is 11.3 Å². The van der Waals surface area contributed by atoms with Gasteiger partial charge in [0.15, 0.2) is 4.80 Å². The molecule has 0 aliphatic carbocycles. The molecule has 0 aliphatic rings. The van der Waals surface area contributed by atoms with Crippen molar-refractivity contribution in [1.82, 2.24) is 4.57 Å². The summed E-state index contributed by atoms with van der Waals surface area (Å²) in [5.41, 5.74) is 1.52. The molecule has 25 heavy (non-hydrogen) atoms. The third kappa shape index (κ3) is 3.81. The number of fused-ring (bicyclic) bond motifs is 1. The van der Waals surface area contributed by atoms with Crippen molar-refractivity contribution in [3.63, 3.8) is 0 Å². The summed E-state index contributed by atoms with van der Waals surface area (Å²) < 4.78 is 13.8. The van der Waals surface area contributed by atoms with Crippen molar-refractivity contribution in [2.45, 2.75) is 13.5 Å². The summed E-state index contributed by atoms with van der Waals surface area (Å²) in [4.78, 5) is 17.8. The molecule has 130 valence electrons. The molecule has 0 N–H and O–H groups in total. The van der Waals surface area contributed by atoms with Gasteiger partial charge in [0, 0.05) is 13.7 Å². The Hall–Kier alpha value is -2.44. The van der Waals surface area contributed by atoms with Crippen LogP contribution in [0.2, 0.25) is 0 Å². The van der Waals surface area contributed by atoms with Crippen molar-refractivity contribution >= 4 is 27.5 Å². The number of thiazole rings is 1. The molecule has 0 radical (unpaired) electrons. The second-order valence-electron chi connectivity index (χ2n) is 5.34. The fourth-order valence-electron chi connectivity index (χ4n) is 2.58. The van der Waals surface area contributed by atoms with Gasteiger partial charge in [0.1, 0.15) is 5.75 Å². The molecule has 5 nitrogen and oxygen atoms in total. The lowest BCUT2D eigenvalue weighted by atomic mass is 10.2. The van der Waals surface area contributed by atoms with E-state index in [0.717, 1.165) is 10.2 Å². The zero-order chi connectivity index (χ0) is 17.6. The summed E-state index contributed by atoms with van der Waals surface area (Å²) in [5.74, 6) is 0.255. The van der Waals surface area contributed by atoms with Crippen LogP contribution in [0, 0.1) is 0 Å². The number of hydrogen-bond acceptors (Lipinski definition) is 4. The van der Waals surface area contributed by atoms with Gasteiger partial charge in [-0.2, -0.15) is 4.99 Å². The molecule has 0 unspecified atom stereocenters. The molecule has 2 aromatic carbocycles. The Morgan fingerprint density at radius 3 is 2.72 bits per heavy atom. The first-order valence-corrected chi connectivity index (χ1v) is 8.94. The van der Waals surface area contributed by atoms with Crippen molar-refractivity contribution in [2.75, 3.05) is 20.3 Å². The Morgan fingerprint density at radius 2 is 1.92 bits per heavy atom. The average molecular weight is 356 g/mol. The highest BCUT2D eigenvalue weighted by Gasteiger charge is 2.13. The first kappa shape index (κ1) is 17.4. The van der Waals surface area contributed by atoms with Gasteiger partial charge in [-0.3, -0.25) is 4.79 Å². The monoisotopic (exact) mass is 356 g/mol. The van der Waals surface area contributed by atoms with E-state index in [2.05, 4.69) is 4.99 Å². The van der Waals surface area contributed by atoms with E-state index in [1.165, 1.54) is 11.3 Å². The second kappa shape index (κ2) is 8.09. The molecule has 3 aromatic rings. The van der Waals surface area contributed by atoms with Crippen LogP contribution in [0.3, 0.4) is 0 Å². The van der Waals surface area contributed by atoms with Crippen molar-refractivity contribution in [3.05, 3.63) is 58.9 Å². The van der Waals surface area contributed by atoms with Gasteiger partial charge in [0.05, 0.1) is 29.0 Å². The Labute approximate surface area is 150 Å². The maximum Gasteiger partial charge on any atom is 0.283 e. The molecule has 0 atom stereocenters. The largest absolute Gasteiger partial charge is 0.493 e. The number of benzene rings is 2. The average Bonchev–Trinajstić information content (AvgIpc) is 2.97. The maximum atomic E-state index is 12.7. The number of carbonyl (C=O) groups is 1. The van der Waals surface area contributed by atoms with Crippen molar-refractivity contribution in [1.29, 1.82) is 0 Å². The zero-order valence-corrected chi connectivity index (χ0v) is 15.1. The Kier molecular flexibility index (Phi) is 5.63. The predicted octanol–water partition coefficient (Wildman–Crippen LogP) is 3.49. The summed E-state index contributed by atoms with van der Waals surface area (Å²) in [6.45, 7) is 3.58. The normalized spacial score (nSPS) is 11.8. The van der Waals surface area contributed by atoms with E-state index in [4.69, 9.17) is 9.47 Å². The van der Waals surface area contributed by atoms with E-state index >= 15 is 0 Å². The lowest BCUT2D eigenvalue weighted by Gasteiger charge is -2.07. The maximum absolute atomic E-state index is 12.7. The SMILES string of the molecule is CCOc1ccccc1C(=O)N=c1sc2ccccc2n1CCOC. The highest BCUT2D eigenvalue weighted by atomic mass is 32.1. The van der Waals surface area contributed by atoms with Crippen molar-refractivity contribution < 1.29 is 14.3 Å². The molecule has 0 saturated heterocycles. The minimum Gasteiger partial charge on any atom is -0.493 e. The number of para-hydroxylation sites is 2. The summed E-state index contributed by atoms with van der Waals surface area (Å²) in [6.07, 6.45) is 0.